The van der Waals surface area contributed by atoms with Crippen LogP contribution in [-0.2, 0) is 9.59 Å². The number of carbonyl (C=O) groups is 2. The van der Waals surface area contributed by atoms with Gasteiger partial charge in [0.05, 0.1) is 26.9 Å². The number of methoxy groups -OCH3 is 3. The topological polar surface area (TPSA) is 82.1 Å². The zero-order valence-corrected chi connectivity index (χ0v) is 10.8. The molecule has 0 unspecified atom stereocenters. The number of aldehydes is 1. The van der Waals surface area contributed by atoms with Gasteiger partial charge in [-0.05, 0) is 23.8 Å². The lowest BCUT2D eigenvalue weighted by atomic mass is 10.0. The molecule has 19 heavy (non-hydrogen) atoms. The fraction of sp³-hybridized carbons (Fsp3) is 0.231. The maximum absolute atomic E-state index is 11.1. The monoisotopic (exact) mass is 266 g/mol. The molecule has 0 spiro atoms. The number of carboxylic acids is 1. The van der Waals surface area contributed by atoms with Gasteiger partial charge in [0.1, 0.15) is 6.29 Å². The maximum atomic E-state index is 11.1. The van der Waals surface area contributed by atoms with E-state index in [0.717, 1.165) is 6.08 Å². The Labute approximate surface area is 110 Å². The van der Waals surface area contributed by atoms with E-state index in [9.17, 15) is 9.59 Å². The van der Waals surface area contributed by atoms with Crippen molar-refractivity contribution < 1.29 is 28.9 Å². The Kier molecular flexibility index (Phi) is 4.93. The zero-order chi connectivity index (χ0) is 14.4. The molecule has 1 aromatic carbocycles. The zero-order valence-electron chi connectivity index (χ0n) is 10.8. The van der Waals surface area contributed by atoms with Crippen molar-refractivity contribution in [1.29, 1.82) is 0 Å². The summed E-state index contributed by atoms with van der Waals surface area (Å²) in [5.74, 6) is -0.240. The van der Waals surface area contributed by atoms with Crippen LogP contribution in [0.1, 0.15) is 5.56 Å². The lowest BCUT2D eigenvalue weighted by Gasteiger charge is -2.14. The summed E-state index contributed by atoms with van der Waals surface area (Å²) in [5, 5.41) is 9.07. The first-order chi connectivity index (χ1) is 9.08. The number of hydrogen-bond acceptors (Lipinski definition) is 5. The van der Waals surface area contributed by atoms with Gasteiger partial charge in [0.15, 0.2) is 11.5 Å². The maximum Gasteiger partial charge on any atom is 0.336 e. The molecule has 0 saturated carbocycles. The number of rotatable bonds is 6. The SMILES string of the molecule is COc1cc(C(=CC=O)C(=O)O)cc(OC)c1OC. The van der Waals surface area contributed by atoms with Crippen molar-refractivity contribution in [2.45, 2.75) is 0 Å². The summed E-state index contributed by atoms with van der Waals surface area (Å²) < 4.78 is 15.4. The Hall–Kier alpha value is -2.50. The van der Waals surface area contributed by atoms with E-state index in [1.807, 2.05) is 0 Å². The van der Waals surface area contributed by atoms with E-state index >= 15 is 0 Å². The Morgan fingerprint density at radius 3 is 1.95 bits per heavy atom. The second-order valence-electron chi connectivity index (χ2n) is 3.44. The predicted molar refractivity (Wildman–Crippen MR) is 67.8 cm³/mol. The molecular formula is C13H14O6. The van der Waals surface area contributed by atoms with Gasteiger partial charge in [-0.25, -0.2) is 4.79 Å². The average molecular weight is 266 g/mol. The van der Waals surface area contributed by atoms with Gasteiger partial charge in [-0.2, -0.15) is 0 Å². The number of allylic oxidation sites excluding steroid dienone is 1. The molecule has 6 nitrogen and oxygen atoms in total. The summed E-state index contributed by atoms with van der Waals surface area (Å²) >= 11 is 0. The van der Waals surface area contributed by atoms with Crippen LogP contribution in [0.15, 0.2) is 18.2 Å². The van der Waals surface area contributed by atoms with Crippen LogP contribution in [0.5, 0.6) is 17.2 Å². The van der Waals surface area contributed by atoms with Gasteiger partial charge >= 0.3 is 5.97 Å². The smallest absolute Gasteiger partial charge is 0.336 e. The molecule has 0 bridgehead atoms. The molecule has 1 rings (SSSR count). The first kappa shape index (κ1) is 14.6. The standard InChI is InChI=1S/C13H14O6/c1-17-10-6-8(9(4-5-14)13(15)16)7-11(18-2)12(10)19-3/h4-7H,1-3H3,(H,15,16). The highest BCUT2D eigenvalue weighted by Crippen LogP contribution is 2.39. The van der Waals surface area contributed by atoms with Gasteiger partial charge in [0.25, 0.3) is 0 Å². The van der Waals surface area contributed by atoms with E-state index in [2.05, 4.69) is 0 Å². The van der Waals surface area contributed by atoms with Crippen LogP contribution in [0.3, 0.4) is 0 Å². The van der Waals surface area contributed by atoms with E-state index in [-0.39, 0.29) is 11.1 Å². The normalized spacial score (nSPS) is 10.8. The van der Waals surface area contributed by atoms with Gasteiger partial charge in [-0.3, -0.25) is 4.79 Å². The molecule has 0 fully saturated rings. The number of aliphatic carboxylic acids is 1. The Bertz CT molecular complexity index is 493. The summed E-state index contributed by atoms with van der Waals surface area (Å²) in [6, 6.07) is 2.93. The van der Waals surface area contributed by atoms with Crippen molar-refractivity contribution in [1.82, 2.24) is 0 Å². The van der Waals surface area contributed by atoms with Crippen LogP contribution in [0, 0.1) is 0 Å². The van der Waals surface area contributed by atoms with Crippen molar-refractivity contribution in [3.8, 4) is 17.2 Å². The first-order valence-corrected chi connectivity index (χ1v) is 5.28. The molecular weight excluding hydrogens is 252 g/mol. The van der Waals surface area contributed by atoms with Crippen LogP contribution < -0.4 is 14.2 Å². The summed E-state index contributed by atoms with van der Waals surface area (Å²) in [4.78, 5) is 21.6. The highest BCUT2D eigenvalue weighted by Gasteiger charge is 2.18. The molecule has 102 valence electrons. The van der Waals surface area contributed by atoms with Crippen LogP contribution in [0.4, 0.5) is 0 Å². The lowest BCUT2D eigenvalue weighted by Crippen LogP contribution is -2.02. The van der Waals surface area contributed by atoms with E-state index in [1.54, 1.807) is 0 Å². The number of carbonyl (C=O) groups excluding carboxylic acids is 1. The van der Waals surface area contributed by atoms with Gasteiger partial charge in [-0.15, -0.1) is 0 Å². The molecule has 0 heterocycles. The second kappa shape index (κ2) is 6.44. The third-order valence-electron chi connectivity index (χ3n) is 2.44. The minimum Gasteiger partial charge on any atom is -0.493 e. The largest absolute Gasteiger partial charge is 0.493 e. The van der Waals surface area contributed by atoms with Crippen LogP contribution in [0.25, 0.3) is 5.57 Å². The van der Waals surface area contributed by atoms with Crippen LogP contribution >= 0.6 is 0 Å². The lowest BCUT2D eigenvalue weighted by molar-refractivity contribution is -0.130. The van der Waals surface area contributed by atoms with Crippen LogP contribution in [0.2, 0.25) is 0 Å². The van der Waals surface area contributed by atoms with Crippen molar-refractivity contribution in [3.63, 3.8) is 0 Å². The van der Waals surface area contributed by atoms with Crippen molar-refractivity contribution >= 4 is 17.8 Å². The highest BCUT2D eigenvalue weighted by atomic mass is 16.5. The summed E-state index contributed by atoms with van der Waals surface area (Å²) in [7, 11) is 4.29. The predicted octanol–water partition coefficient (Wildman–Crippen LogP) is 1.38. The van der Waals surface area contributed by atoms with Crippen molar-refractivity contribution in [2.75, 3.05) is 21.3 Å². The van der Waals surface area contributed by atoms with Gasteiger partial charge in [0, 0.05) is 0 Å². The average Bonchev–Trinajstić information content (AvgIpc) is 2.42. The van der Waals surface area contributed by atoms with E-state index in [0.29, 0.717) is 23.5 Å². The molecule has 0 saturated heterocycles. The molecule has 0 aromatic heterocycles. The summed E-state index contributed by atoms with van der Waals surface area (Å²) in [6.45, 7) is 0. The van der Waals surface area contributed by atoms with Gasteiger partial charge in [0.2, 0.25) is 5.75 Å². The molecule has 0 aliphatic rings. The quantitative estimate of drug-likeness (QED) is 0.618. The third kappa shape index (κ3) is 3.04. The van der Waals surface area contributed by atoms with Gasteiger partial charge < -0.3 is 19.3 Å². The number of carboxylic acid groups (broad SMARTS) is 1. The number of hydrogen-bond donors (Lipinski definition) is 1. The molecule has 0 radical (unpaired) electrons. The molecule has 0 aliphatic carbocycles. The molecule has 0 atom stereocenters. The first-order valence-electron chi connectivity index (χ1n) is 5.28. The third-order valence-corrected chi connectivity index (χ3v) is 2.44. The number of benzene rings is 1. The molecule has 1 N–H and O–H groups in total. The van der Waals surface area contributed by atoms with Crippen molar-refractivity contribution in [2.24, 2.45) is 0 Å². The summed E-state index contributed by atoms with van der Waals surface area (Å²) in [5.41, 5.74) is 0.128. The van der Waals surface area contributed by atoms with E-state index in [1.165, 1.54) is 33.5 Å². The minimum atomic E-state index is -1.22. The fourth-order valence-electron chi connectivity index (χ4n) is 1.60. The van der Waals surface area contributed by atoms with Crippen molar-refractivity contribution in [3.05, 3.63) is 23.8 Å². The Morgan fingerprint density at radius 2 is 1.63 bits per heavy atom. The molecule has 6 heteroatoms. The van der Waals surface area contributed by atoms with E-state index in [4.69, 9.17) is 19.3 Å². The second-order valence-corrected chi connectivity index (χ2v) is 3.44. The van der Waals surface area contributed by atoms with Crippen LogP contribution in [-0.4, -0.2) is 38.7 Å². The van der Waals surface area contributed by atoms with Gasteiger partial charge in [-0.1, -0.05) is 0 Å². The Balaban J connectivity index is 3.49. The van der Waals surface area contributed by atoms with E-state index < -0.39 is 5.97 Å². The molecule has 1 aromatic rings. The minimum absolute atomic E-state index is 0.158. The molecule has 0 aliphatic heterocycles. The molecule has 0 amide bonds. The fourth-order valence-corrected chi connectivity index (χ4v) is 1.60. The Morgan fingerprint density at radius 1 is 1.11 bits per heavy atom. The summed E-state index contributed by atoms with van der Waals surface area (Å²) in [6.07, 6.45) is 1.37. The highest BCUT2D eigenvalue weighted by molar-refractivity contribution is 6.18. The number of ether oxygens (including phenoxy) is 3.